The average molecular weight is 331 g/mol. The Bertz CT molecular complexity index is 730. The van der Waals surface area contributed by atoms with Gasteiger partial charge in [-0.1, -0.05) is 13.8 Å². The van der Waals surface area contributed by atoms with Crippen LogP contribution in [0.1, 0.15) is 49.3 Å². The van der Waals surface area contributed by atoms with E-state index in [1.54, 1.807) is 6.26 Å². The first-order chi connectivity index (χ1) is 11.4. The number of esters is 1. The van der Waals surface area contributed by atoms with Crippen molar-refractivity contribution in [2.75, 3.05) is 13.7 Å². The first-order valence-corrected chi connectivity index (χ1v) is 8.26. The van der Waals surface area contributed by atoms with E-state index < -0.39 is 0 Å². The molecule has 0 aliphatic rings. The number of amides is 1. The fourth-order valence-electron chi connectivity index (χ4n) is 2.80. The van der Waals surface area contributed by atoms with E-state index >= 15 is 0 Å². The van der Waals surface area contributed by atoms with Crippen LogP contribution in [0.15, 0.2) is 22.8 Å². The molecule has 5 heteroatoms. The van der Waals surface area contributed by atoms with Crippen LogP contribution in [0.25, 0.3) is 11.0 Å². The predicted octanol–water partition coefficient (Wildman–Crippen LogP) is 3.48. The second-order valence-electron chi connectivity index (χ2n) is 6.33. The Morgan fingerprint density at radius 2 is 2.04 bits per heavy atom. The molecule has 1 N–H and O–H groups in total. The lowest BCUT2D eigenvalue weighted by atomic mass is 9.95. The molecule has 24 heavy (non-hydrogen) atoms. The topological polar surface area (TPSA) is 68.5 Å². The highest BCUT2D eigenvalue weighted by Gasteiger charge is 2.14. The quantitative estimate of drug-likeness (QED) is 0.623. The number of furan rings is 1. The number of ether oxygens (including phenoxy) is 1. The number of carbonyl (C=O) groups is 2. The van der Waals surface area contributed by atoms with E-state index in [0.29, 0.717) is 25.3 Å². The summed E-state index contributed by atoms with van der Waals surface area (Å²) in [5, 5.41) is 3.82. The molecule has 0 spiro atoms. The molecule has 2 aromatic rings. The molecule has 2 rings (SSSR count). The smallest absolute Gasteiger partial charge is 0.305 e. The lowest BCUT2D eigenvalue weighted by molar-refractivity contribution is -0.140. The van der Waals surface area contributed by atoms with Crippen molar-refractivity contribution in [3.63, 3.8) is 0 Å². The third-order valence-electron chi connectivity index (χ3n) is 4.12. The number of nitrogens with one attached hydrogen (secondary N) is 1. The van der Waals surface area contributed by atoms with Gasteiger partial charge < -0.3 is 14.5 Å². The van der Waals surface area contributed by atoms with Gasteiger partial charge >= 0.3 is 5.97 Å². The van der Waals surface area contributed by atoms with Crippen molar-refractivity contribution in [1.82, 2.24) is 5.32 Å². The number of hydrogen-bond donors (Lipinski definition) is 1. The van der Waals surface area contributed by atoms with Gasteiger partial charge in [0.15, 0.2) is 0 Å². The minimum atomic E-state index is -0.262. The molecular formula is C19H25NO4. The third kappa shape index (κ3) is 4.37. The molecule has 0 saturated heterocycles. The summed E-state index contributed by atoms with van der Waals surface area (Å²) in [4.78, 5) is 23.1. The molecule has 0 fully saturated rings. The molecule has 1 aromatic heterocycles. The van der Waals surface area contributed by atoms with Crippen molar-refractivity contribution >= 4 is 22.8 Å². The highest BCUT2D eigenvalue weighted by molar-refractivity contribution is 5.88. The van der Waals surface area contributed by atoms with Gasteiger partial charge in [-0.25, -0.2) is 0 Å². The van der Waals surface area contributed by atoms with Crippen LogP contribution < -0.4 is 5.32 Å². The molecule has 0 saturated carbocycles. The van der Waals surface area contributed by atoms with Gasteiger partial charge in [-0.05, 0) is 42.5 Å². The maximum atomic E-state index is 12.1. The van der Waals surface area contributed by atoms with Crippen molar-refractivity contribution in [3.8, 4) is 0 Å². The number of rotatable bonds is 7. The van der Waals surface area contributed by atoms with Gasteiger partial charge in [-0.3, -0.25) is 9.59 Å². The van der Waals surface area contributed by atoms with Crippen molar-refractivity contribution in [3.05, 3.63) is 35.1 Å². The maximum absolute atomic E-state index is 12.1. The number of benzene rings is 1. The monoisotopic (exact) mass is 331 g/mol. The van der Waals surface area contributed by atoms with Crippen LogP contribution in [0.3, 0.4) is 0 Å². The molecule has 1 aromatic carbocycles. The van der Waals surface area contributed by atoms with Crippen LogP contribution in [0.5, 0.6) is 0 Å². The van der Waals surface area contributed by atoms with Gasteiger partial charge in [0.25, 0.3) is 0 Å². The summed E-state index contributed by atoms with van der Waals surface area (Å²) in [5.41, 5.74) is 4.16. The first kappa shape index (κ1) is 18.0. The summed E-state index contributed by atoms with van der Waals surface area (Å²) in [6.07, 6.45) is 2.80. The summed E-state index contributed by atoms with van der Waals surface area (Å²) in [5.74, 6) is 0.0835. The van der Waals surface area contributed by atoms with E-state index in [1.165, 1.54) is 18.2 Å². The van der Waals surface area contributed by atoms with Crippen LogP contribution >= 0.6 is 0 Å². The molecule has 0 aliphatic heterocycles. The summed E-state index contributed by atoms with van der Waals surface area (Å²) in [6, 6.07) is 4.15. The maximum Gasteiger partial charge on any atom is 0.305 e. The second-order valence-corrected chi connectivity index (χ2v) is 6.33. The van der Waals surface area contributed by atoms with Crippen molar-refractivity contribution in [2.45, 2.75) is 46.0 Å². The van der Waals surface area contributed by atoms with E-state index in [-0.39, 0.29) is 18.3 Å². The molecular weight excluding hydrogens is 306 g/mol. The summed E-state index contributed by atoms with van der Waals surface area (Å²) < 4.78 is 10.2. The number of fused-ring (bicyclic) bond motifs is 1. The van der Waals surface area contributed by atoms with Crippen LogP contribution in [-0.2, 0) is 20.7 Å². The van der Waals surface area contributed by atoms with Gasteiger partial charge in [0.05, 0.1) is 19.8 Å². The minimum absolute atomic E-state index is 0.0748. The highest BCUT2D eigenvalue weighted by atomic mass is 16.5. The zero-order valence-electron chi connectivity index (χ0n) is 14.8. The van der Waals surface area contributed by atoms with E-state index in [2.05, 4.69) is 36.9 Å². The Labute approximate surface area is 142 Å². The normalized spacial score (nSPS) is 11.0. The van der Waals surface area contributed by atoms with Crippen molar-refractivity contribution in [2.24, 2.45) is 0 Å². The molecule has 130 valence electrons. The highest BCUT2D eigenvalue weighted by Crippen LogP contribution is 2.29. The number of aryl methyl sites for hydroxylation is 1. The molecule has 0 unspecified atom stereocenters. The Kier molecular flexibility index (Phi) is 6.01. The molecule has 5 nitrogen and oxygen atoms in total. The Balaban J connectivity index is 2.00. The van der Waals surface area contributed by atoms with Gasteiger partial charge in [-0.2, -0.15) is 0 Å². The lowest BCUT2D eigenvalue weighted by Crippen LogP contribution is -2.26. The van der Waals surface area contributed by atoms with E-state index in [1.807, 2.05) is 6.07 Å². The van der Waals surface area contributed by atoms with Gasteiger partial charge in [0.2, 0.25) is 5.91 Å². The third-order valence-corrected chi connectivity index (χ3v) is 4.12. The molecule has 0 bridgehead atoms. The standard InChI is InChI=1S/C19H25NO4/c1-12(2)15-10-16-14(11-24-17(16)8-13(15)3)9-18(21)20-7-5-6-19(22)23-4/h8,10-12H,5-7,9H2,1-4H3,(H,20,21). The number of carbonyl (C=O) groups excluding carboxylic acids is 2. The van der Waals surface area contributed by atoms with Crippen LogP contribution in [0.2, 0.25) is 0 Å². The van der Waals surface area contributed by atoms with Crippen LogP contribution in [0, 0.1) is 6.92 Å². The van der Waals surface area contributed by atoms with Gasteiger partial charge in [0, 0.05) is 23.9 Å². The van der Waals surface area contributed by atoms with E-state index in [9.17, 15) is 9.59 Å². The zero-order valence-corrected chi connectivity index (χ0v) is 14.8. The molecule has 0 atom stereocenters. The molecule has 0 radical (unpaired) electrons. The Morgan fingerprint density at radius 3 is 2.71 bits per heavy atom. The van der Waals surface area contributed by atoms with Crippen molar-refractivity contribution in [1.29, 1.82) is 0 Å². The Morgan fingerprint density at radius 1 is 1.29 bits per heavy atom. The molecule has 0 aliphatic carbocycles. The van der Waals surface area contributed by atoms with Gasteiger partial charge in [0.1, 0.15) is 5.58 Å². The summed E-state index contributed by atoms with van der Waals surface area (Å²) in [7, 11) is 1.36. The largest absolute Gasteiger partial charge is 0.469 e. The van der Waals surface area contributed by atoms with Crippen molar-refractivity contribution < 1.29 is 18.7 Å². The van der Waals surface area contributed by atoms with E-state index in [0.717, 1.165) is 16.5 Å². The SMILES string of the molecule is COC(=O)CCCNC(=O)Cc1coc2cc(C)c(C(C)C)cc12. The second kappa shape index (κ2) is 7.99. The first-order valence-electron chi connectivity index (χ1n) is 8.26. The van der Waals surface area contributed by atoms with Crippen LogP contribution in [-0.4, -0.2) is 25.5 Å². The van der Waals surface area contributed by atoms with Gasteiger partial charge in [-0.15, -0.1) is 0 Å². The number of hydrogen-bond acceptors (Lipinski definition) is 4. The minimum Gasteiger partial charge on any atom is -0.469 e. The fourth-order valence-corrected chi connectivity index (χ4v) is 2.80. The van der Waals surface area contributed by atoms with Crippen LogP contribution in [0.4, 0.5) is 0 Å². The fraction of sp³-hybridized carbons (Fsp3) is 0.474. The summed E-state index contributed by atoms with van der Waals surface area (Å²) in [6.45, 7) is 6.84. The zero-order chi connectivity index (χ0) is 17.7. The summed E-state index contributed by atoms with van der Waals surface area (Å²) >= 11 is 0. The molecule has 1 amide bonds. The number of methoxy groups -OCH3 is 1. The Hall–Kier alpha value is -2.30. The van der Waals surface area contributed by atoms with E-state index in [4.69, 9.17) is 4.42 Å². The predicted molar refractivity (Wildman–Crippen MR) is 93.0 cm³/mol. The molecule has 1 heterocycles. The lowest BCUT2D eigenvalue weighted by Gasteiger charge is -2.10. The average Bonchev–Trinajstić information content (AvgIpc) is 2.92.